The summed E-state index contributed by atoms with van der Waals surface area (Å²) < 4.78 is 7.49. The third kappa shape index (κ3) is 3.47. The van der Waals surface area contributed by atoms with E-state index in [0.717, 1.165) is 43.8 Å². The minimum Gasteiger partial charge on any atom is -0.469 e. The molecule has 0 spiro atoms. The van der Waals surface area contributed by atoms with E-state index in [1.54, 1.807) is 6.26 Å². The summed E-state index contributed by atoms with van der Waals surface area (Å²) in [5.41, 5.74) is 6.15. The van der Waals surface area contributed by atoms with Gasteiger partial charge in [0.15, 0.2) is 0 Å². The van der Waals surface area contributed by atoms with Gasteiger partial charge in [0.25, 0.3) is 0 Å². The van der Waals surface area contributed by atoms with Gasteiger partial charge in [0.1, 0.15) is 11.6 Å². The van der Waals surface area contributed by atoms with Gasteiger partial charge in [-0.15, -0.1) is 0 Å². The summed E-state index contributed by atoms with van der Waals surface area (Å²) in [5.74, 6) is 2.09. The highest BCUT2D eigenvalue weighted by molar-refractivity contribution is 5.00. The molecule has 0 saturated carbocycles. The standard InChI is InChI=1S/C14H21N3O/c1-2-8-17-9-7-16-14(17)11-12(15)5-6-13-4-3-10-18-13/h3-4,7,9-10,12H,2,5-6,8,11,15H2,1H3. The third-order valence-corrected chi connectivity index (χ3v) is 3.05. The fourth-order valence-corrected chi connectivity index (χ4v) is 2.09. The van der Waals surface area contributed by atoms with Gasteiger partial charge >= 0.3 is 0 Å². The van der Waals surface area contributed by atoms with Gasteiger partial charge in [-0.25, -0.2) is 4.98 Å². The molecule has 0 bridgehead atoms. The van der Waals surface area contributed by atoms with E-state index < -0.39 is 0 Å². The molecule has 0 aliphatic carbocycles. The number of aryl methyl sites for hydroxylation is 2. The zero-order valence-corrected chi connectivity index (χ0v) is 10.9. The van der Waals surface area contributed by atoms with Crippen LogP contribution in [0, 0.1) is 0 Å². The van der Waals surface area contributed by atoms with Crippen LogP contribution in [0.2, 0.25) is 0 Å². The van der Waals surface area contributed by atoms with Crippen LogP contribution in [-0.2, 0) is 19.4 Å². The molecule has 98 valence electrons. The molecule has 2 N–H and O–H groups in total. The van der Waals surface area contributed by atoms with Gasteiger partial charge in [-0.3, -0.25) is 0 Å². The van der Waals surface area contributed by atoms with Gasteiger partial charge in [-0.2, -0.15) is 0 Å². The minimum atomic E-state index is 0.133. The van der Waals surface area contributed by atoms with Crippen molar-refractivity contribution in [1.82, 2.24) is 9.55 Å². The Morgan fingerprint density at radius 3 is 3.11 bits per heavy atom. The van der Waals surface area contributed by atoms with Gasteiger partial charge in [-0.05, 0) is 25.0 Å². The molecule has 0 saturated heterocycles. The van der Waals surface area contributed by atoms with Crippen molar-refractivity contribution >= 4 is 0 Å². The molecule has 0 radical (unpaired) electrons. The van der Waals surface area contributed by atoms with Crippen molar-refractivity contribution < 1.29 is 4.42 Å². The molecule has 0 aromatic carbocycles. The van der Waals surface area contributed by atoms with Crippen molar-refractivity contribution in [3.8, 4) is 0 Å². The second-order valence-corrected chi connectivity index (χ2v) is 4.62. The molecular formula is C14H21N3O. The van der Waals surface area contributed by atoms with E-state index in [4.69, 9.17) is 10.2 Å². The Labute approximate surface area is 108 Å². The van der Waals surface area contributed by atoms with E-state index in [1.165, 1.54) is 0 Å². The molecule has 2 rings (SSSR count). The van der Waals surface area contributed by atoms with Crippen LogP contribution >= 0.6 is 0 Å². The number of nitrogens with two attached hydrogens (primary N) is 1. The molecule has 0 aliphatic rings. The van der Waals surface area contributed by atoms with Crippen molar-refractivity contribution in [1.29, 1.82) is 0 Å². The number of aromatic nitrogens is 2. The van der Waals surface area contributed by atoms with Gasteiger partial charge in [0.2, 0.25) is 0 Å². The smallest absolute Gasteiger partial charge is 0.110 e. The second-order valence-electron chi connectivity index (χ2n) is 4.62. The molecular weight excluding hydrogens is 226 g/mol. The first kappa shape index (κ1) is 12.9. The summed E-state index contributed by atoms with van der Waals surface area (Å²) in [7, 11) is 0. The van der Waals surface area contributed by atoms with Crippen molar-refractivity contribution in [2.75, 3.05) is 0 Å². The lowest BCUT2D eigenvalue weighted by molar-refractivity contribution is 0.478. The Hall–Kier alpha value is -1.55. The van der Waals surface area contributed by atoms with E-state index >= 15 is 0 Å². The number of hydrogen-bond acceptors (Lipinski definition) is 3. The quantitative estimate of drug-likeness (QED) is 0.817. The largest absolute Gasteiger partial charge is 0.469 e. The lowest BCUT2D eigenvalue weighted by Gasteiger charge is -2.12. The first-order chi connectivity index (χ1) is 8.79. The van der Waals surface area contributed by atoms with Crippen LogP contribution in [0.4, 0.5) is 0 Å². The summed E-state index contributed by atoms with van der Waals surface area (Å²) in [6, 6.07) is 4.03. The maximum absolute atomic E-state index is 6.15. The Bertz CT molecular complexity index is 447. The maximum atomic E-state index is 6.15. The van der Waals surface area contributed by atoms with Crippen LogP contribution in [0.5, 0.6) is 0 Å². The average Bonchev–Trinajstić information content (AvgIpc) is 2.99. The van der Waals surface area contributed by atoms with Crippen LogP contribution < -0.4 is 5.73 Å². The highest BCUT2D eigenvalue weighted by Gasteiger charge is 2.09. The number of imidazole rings is 1. The second kappa shape index (κ2) is 6.40. The highest BCUT2D eigenvalue weighted by Crippen LogP contribution is 2.09. The summed E-state index contributed by atoms with van der Waals surface area (Å²) >= 11 is 0. The topological polar surface area (TPSA) is 57.0 Å². The summed E-state index contributed by atoms with van der Waals surface area (Å²) in [6.07, 6.45) is 9.34. The van der Waals surface area contributed by atoms with Crippen LogP contribution in [0.1, 0.15) is 31.4 Å². The predicted molar refractivity (Wildman–Crippen MR) is 71.2 cm³/mol. The van der Waals surface area contributed by atoms with E-state index in [1.807, 2.05) is 24.5 Å². The molecule has 0 aliphatic heterocycles. The zero-order valence-electron chi connectivity index (χ0n) is 10.9. The van der Waals surface area contributed by atoms with E-state index in [2.05, 4.69) is 16.5 Å². The SMILES string of the molecule is CCCn1ccnc1CC(N)CCc1ccco1. The zero-order chi connectivity index (χ0) is 12.8. The molecule has 18 heavy (non-hydrogen) atoms. The van der Waals surface area contributed by atoms with E-state index in [-0.39, 0.29) is 6.04 Å². The molecule has 2 heterocycles. The van der Waals surface area contributed by atoms with Crippen molar-refractivity contribution in [2.24, 2.45) is 5.73 Å². The van der Waals surface area contributed by atoms with Crippen LogP contribution in [0.3, 0.4) is 0 Å². The normalized spacial score (nSPS) is 12.8. The van der Waals surface area contributed by atoms with Crippen LogP contribution in [0.15, 0.2) is 35.2 Å². The van der Waals surface area contributed by atoms with Gasteiger partial charge in [-0.1, -0.05) is 6.92 Å². The highest BCUT2D eigenvalue weighted by atomic mass is 16.3. The molecule has 0 amide bonds. The summed E-state index contributed by atoms with van der Waals surface area (Å²) in [5, 5.41) is 0. The molecule has 4 heteroatoms. The number of furan rings is 1. The predicted octanol–water partition coefficient (Wildman–Crippen LogP) is 2.39. The monoisotopic (exact) mass is 247 g/mol. The van der Waals surface area contributed by atoms with Crippen molar-refractivity contribution in [3.05, 3.63) is 42.4 Å². The summed E-state index contributed by atoms with van der Waals surface area (Å²) in [6.45, 7) is 3.18. The Morgan fingerprint density at radius 1 is 1.50 bits per heavy atom. The van der Waals surface area contributed by atoms with E-state index in [9.17, 15) is 0 Å². The lowest BCUT2D eigenvalue weighted by Crippen LogP contribution is -2.25. The number of hydrogen-bond donors (Lipinski definition) is 1. The Balaban J connectivity index is 1.82. The Morgan fingerprint density at radius 2 is 2.39 bits per heavy atom. The summed E-state index contributed by atoms with van der Waals surface area (Å²) in [4.78, 5) is 4.38. The lowest BCUT2D eigenvalue weighted by atomic mass is 10.1. The van der Waals surface area contributed by atoms with Gasteiger partial charge in [0.05, 0.1) is 6.26 Å². The van der Waals surface area contributed by atoms with Crippen molar-refractivity contribution in [3.63, 3.8) is 0 Å². The molecule has 0 fully saturated rings. The first-order valence-corrected chi connectivity index (χ1v) is 6.57. The fraction of sp³-hybridized carbons (Fsp3) is 0.500. The van der Waals surface area contributed by atoms with E-state index in [0.29, 0.717) is 0 Å². The minimum absolute atomic E-state index is 0.133. The molecule has 4 nitrogen and oxygen atoms in total. The molecule has 1 unspecified atom stereocenters. The third-order valence-electron chi connectivity index (χ3n) is 3.05. The Kier molecular flexibility index (Phi) is 4.59. The molecule has 2 aromatic rings. The molecule has 1 atom stereocenters. The molecule has 2 aromatic heterocycles. The number of rotatable bonds is 7. The van der Waals surface area contributed by atoms with Gasteiger partial charge in [0, 0.05) is 37.8 Å². The van der Waals surface area contributed by atoms with Crippen molar-refractivity contribution in [2.45, 2.75) is 45.2 Å². The number of nitrogens with zero attached hydrogens (tertiary/aromatic N) is 2. The fourth-order valence-electron chi connectivity index (χ4n) is 2.09. The maximum Gasteiger partial charge on any atom is 0.110 e. The average molecular weight is 247 g/mol. The van der Waals surface area contributed by atoms with Crippen LogP contribution in [0.25, 0.3) is 0 Å². The first-order valence-electron chi connectivity index (χ1n) is 6.57. The van der Waals surface area contributed by atoms with Gasteiger partial charge < -0.3 is 14.7 Å². The van der Waals surface area contributed by atoms with Crippen LogP contribution in [-0.4, -0.2) is 15.6 Å².